The van der Waals surface area contributed by atoms with Gasteiger partial charge in [-0.3, -0.25) is 4.79 Å². The standard InChI is InChI=1S/C10H9ClO4/c1-14-9-4-8(11)6(5-12)3-7(9)10(13)15-2/h3-5H,1-2H3. The quantitative estimate of drug-likeness (QED) is 0.586. The summed E-state index contributed by atoms with van der Waals surface area (Å²) in [6, 6.07) is 2.73. The normalized spacial score (nSPS) is 9.53. The van der Waals surface area contributed by atoms with Crippen molar-refractivity contribution in [3.63, 3.8) is 0 Å². The van der Waals surface area contributed by atoms with Crippen molar-refractivity contribution < 1.29 is 19.1 Å². The Morgan fingerprint density at radius 3 is 2.53 bits per heavy atom. The molecule has 0 heterocycles. The molecule has 0 fully saturated rings. The molecule has 1 aromatic rings. The molecule has 0 unspecified atom stereocenters. The first kappa shape index (κ1) is 11.5. The first-order valence-electron chi connectivity index (χ1n) is 4.05. The first-order chi connectivity index (χ1) is 7.13. The van der Waals surface area contributed by atoms with Crippen LogP contribution in [0.1, 0.15) is 20.7 Å². The molecule has 0 aliphatic carbocycles. The Balaban J connectivity index is 3.34. The van der Waals surface area contributed by atoms with Crippen LogP contribution in [0.25, 0.3) is 0 Å². The van der Waals surface area contributed by atoms with E-state index in [9.17, 15) is 9.59 Å². The fourth-order valence-electron chi connectivity index (χ4n) is 1.10. The average molecular weight is 229 g/mol. The van der Waals surface area contributed by atoms with E-state index in [1.165, 1.54) is 26.4 Å². The second-order valence-corrected chi connectivity index (χ2v) is 3.09. The van der Waals surface area contributed by atoms with Crippen molar-refractivity contribution in [3.8, 4) is 5.75 Å². The molecule has 0 bridgehead atoms. The number of carbonyl (C=O) groups is 2. The minimum Gasteiger partial charge on any atom is -0.496 e. The molecule has 1 aromatic carbocycles. The maximum Gasteiger partial charge on any atom is 0.341 e. The number of carbonyl (C=O) groups excluding carboxylic acids is 2. The summed E-state index contributed by atoms with van der Waals surface area (Å²) in [4.78, 5) is 21.9. The van der Waals surface area contributed by atoms with Crippen molar-refractivity contribution in [2.75, 3.05) is 14.2 Å². The Morgan fingerprint density at radius 2 is 2.07 bits per heavy atom. The lowest BCUT2D eigenvalue weighted by Crippen LogP contribution is -2.05. The van der Waals surface area contributed by atoms with Gasteiger partial charge >= 0.3 is 5.97 Å². The van der Waals surface area contributed by atoms with E-state index in [1.54, 1.807) is 0 Å². The molecule has 0 aliphatic heterocycles. The maximum atomic E-state index is 11.3. The Hall–Kier alpha value is -1.55. The molecule has 5 heteroatoms. The van der Waals surface area contributed by atoms with Gasteiger partial charge in [0.2, 0.25) is 0 Å². The molecule has 0 N–H and O–H groups in total. The second kappa shape index (κ2) is 4.79. The van der Waals surface area contributed by atoms with Crippen LogP contribution in [-0.2, 0) is 4.74 Å². The topological polar surface area (TPSA) is 52.6 Å². The summed E-state index contributed by atoms with van der Waals surface area (Å²) in [7, 11) is 2.65. The van der Waals surface area contributed by atoms with Gasteiger partial charge in [-0.1, -0.05) is 11.6 Å². The smallest absolute Gasteiger partial charge is 0.341 e. The summed E-state index contributed by atoms with van der Waals surface area (Å²) in [6.45, 7) is 0. The fourth-order valence-corrected chi connectivity index (χ4v) is 1.30. The van der Waals surface area contributed by atoms with Crippen LogP contribution in [0.5, 0.6) is 5.75 Å². The van der Waals surface area contributed by atoms with Gasteiger partial charge < -0.3 is 9.47 Å². The van der Waals surface area contributed by atoms with Gasteiger partial charge in [0.1, 0.15) is 11.3 Å². The Kier molecular flexibility index (Phi) is 3.68. The minimum atomic E-state index is -0.577. The summed E-state index contributed by atoms with van der Waals surface area (Å²) in [5.74, 6) is -0.302. The average Bonchev–Trinajstić information content (AvgIpc) is 2.27. The van der Waals surface area contributed by atoms with Crippen molar-refractivity contribution in [3.05, 3.63) is 28.3 Å². The van der Waals surface area contributed by atoms with Gasteiger partial charge in [-0.05, 0) is 6.07 Å². The largest absolute Gasteiger partial charge is 0.496 e. The number of benzene rings is 1. The summed E-state index contributed by atoms with van der Waals surface area (Å²) in [5, 5.41) is 0.231. The number of halogens is 1. The highest BCUT2D eigenvalue weighted by molar-refractivity contribution is 6.33. The van der Waals surface area contributed by atoms with Gasteiger partial charge in [-0.25, -0.2) is 4.79 Å². The predicted molar refractivity (Wildman–Crippen MR) is 54.7 cm³/mol. The number of esters is 1. The highest BCUT2D eigenvalue weighted by atomic mass is 35.5. The van der Waals surface area contributed by atoms with Gasteiger partial charge in [0.05, 0.1) is 19.2 Å². The van der Waals surface area contributed by atoms with Crippen LogP contribution in [0.15, 0.2) is 12.1 Å². The van der Waals surface area contributed by atoms with Crippen molar-refractivity contribution >= 4 is 23.9 Å². The Bertz CT molecular complexity index is 401. The molecule has 0 aromatic heterocycles. The van der Waals surface area contributed by atoms with E-state index < -0.39 is 5.97 Å². The molecule has 15 heavy (non-hydrogen) atoms. The zero-order valence-electron chi connectivity index (χ0n) is 8.24. The van der Waals surface area contributed by atoms with Crippen molar-refractivity contribution in [1.82, 2.24) is 0 Å². The molecular formula is C10H9ClO4. The maximum absolute atomic E-state index is 11.3. The number of aldehydes is 1. The van der Waals surface area contributed by atoms with Gasteiger partial charge in [0.25, 0.3) is 0 Å². The number of hydrogen-bond donors (Lipinski definition) is 0. The van der Waals surface area contributed by atoms with E-state index >= 15 is 0 Å². The van der Waals surface area contributed by atoms with E-state index in [-0.39, 0.29) is 21.9 Å². The van der Waals surface area contributed by atoms with Gasteiger partial charge in [-0.15, -0.1) is 0 Å². The molecule has 0 saturated carbocycles. The highest BCUT2D eigenvalue weighted by Crippen LogP contribution is 2.26. The third-order valence-electron chi connectivity index (χ3n) is 1.85. The summed E-state index contributed by atoms with van der Waals surface area (Å²) in [6.07, 6.45) is 0.564. The lowest BCUT2D eigenvalue weighted by atomic mass is 10.1. The van der Waals surface area contributed by atoms with E-state index in [4.69, 9.17) is 16.3 Å². The molecular weight excluding hydrogens is 220 g/mol. The lowest BCUT2D eigenvalue weighted by molar-refractivity contribution is 0.0597. The Morgan fingerprint density at radius 1 is 1.40 bits per heavy atom. The van der Waals surface area contributed by atoms with Crippen LogP contribution in [-0.4, -0.2) is 26.5 Å². The molecule has 1 rings (SSSR count). The van der Waals surface area contributed by atoms with Crippen molar-refractivity contribution in [2.24, 2.45) is 0 Å². The number of methoxy groups -OCH3 is 2. The first-order valence-corrected chi connectivity index (χ1v) is 4.42. The number of ether oxygens (including phenoxy) is 2. The van der Waals surface area contributed by atoms with E-state index in [0.29, 0.717) is 6.29 Å². The van der Waals surface area contributed by atoms with E-state index in [0.717, 1.165) is 0 Å². The van der Waals surface area contributed by atoms with Crippen LogP contribution < -0.4 is 4.74 Å². The van der Waals surface area contributed by atoms with E-state index in [1.807, 2.05) is 0 Å². The zero-order chi connectivity index (χ0) is 11.4. The molecule has 0 saturated heterocycles. The zero-order valence-corrected chi connectivity index (χ0v) is 9.00. The lowest BCUT2D eigenvalue weighted by Gasteiger charge is -2.08. The molecule has 80 valence electrons. The third-order valence-corrected chi connectivity index (χ3v) is 2.18. The molecule has 0 amide bonds. The van der Waals surface area contributed by atoms with Gasteiger partial charge in [0.15, 0.2) is 6.29 Å². The number of hydrogen-bond acceptors (Lipinski definition) is 4. The molecule has 0 radical (unpaired) electrons. The van der Waals surface area contributed by atoms with Gasteiger partial charge in [0, 0.05) is 11.6 Å². The van der Waals surface area contributed by atoms with E-state index in [2.05, 4.69) is 4.74 Å². The fraction of sp³-hybridized carbons (Fsp3) is 0.200. The molecule has 0 spiro atoms. The summed E-state index contributed by atoms with van der Waals surface area (Å²) >= 11 is 5.76. The SMILES string of the molecule is COC(=O)c1cc(C=O)c(Cl)cc1OC. The summed E-state index contributed by atoms with van der Waals surface area (Å²) < 4.78 is 9.49. The minimum absolute atomic E-state index is 0.173. The van der Waals surface area contributed by atoms with Crippen molar-refractivity contribution in [1.29, 1.82) is 0 Å². The van der Waals surface area contributed by atoms with Gasteiger partial charge in [-0.2, -0.15) is 0 Å². The Labute approximate surface area is 91.7 Å². The van der Waals surface area contributed by atoms with Crippen LogP contribution in [0, 0.1) is 0 Å². The third kappa shape index (κ3) is 2.27. The molecule has 4 nitrogen and oxygen atoms in total. The number of rotatable bonds is 3. The van der Waals surface area contributed by atoms with Crippen LogP contribution in [0.2, 0.25) is 5.02 Å². The predicted octanol–water partition coefficient (Wildman–Crippen LogP) is 1.95. The molecule has 0 atom stereocenters. The van der Waals surface area contributed by atoms with Crippen LogP contribution >= 0.6 is 11.6 Å². The molecule has 0 aliphatic rings. The second-order valence-electron chi connectivity index (χ2n) is 2.68. The van der Waals surface area contributed by atoms with Crippen molar-refractivity contribution in [2.45, 2.75) is 0 Å². The van der Waals surface area contributed by atoms with Crippen LogP contribution in [0.3, 0.4) is 0 Å². The monoisotopic (exact) mass is 228 g/mol. The highest BCUT2D eigenvalue weighted by Gasteiger charge is 2.15. The van der Waals surface area contributed by atoms with Crippen LogP contribution in [0.4, 0.5) is 0 Å². The summed E-state index contributed by atoms with van der Waals surface area (Å²) in [5.41, 5.74) is 0.393.